The highest BCUT2D eigenvalue weighted by molar-refractivity contribution is 5.92. The highest BCUT2D eigenvalue weighted by Crippen LogP contribution is 2.68. The molecule has 0 aliphatic heterocycles. The number of carbonyl (C=O) groups excluding carboxylic acids is 3. The number of carbonyl (C=O) groups is 3. The van der Waals surface area contributed by atoms with Crippen LogP contribution in [-0.4, -0.2) is 52.9 Å². The molecular formula is C25H36O7. The van der Waals surface area contributed by atoms with Crippen molar-refractivity contribution in [3.8, 4) is 0 Å². The predicted octanol–water partition coefficient (Wildman–Crippen LogP) is 3.35. The van der Waals surface area contributed by atoms with Gasteiger partial charge in [-0.3, -0.25) is 9.59 Å². The second kappa shape index (κ2) is 8.24. The molecule has 7 nitrogen and oxygen atoms in total. The lowest BCUT2D eigenvalue weighted by Gasteiger charge is -2.60. The SMILES string of the molecule is CCCOC(=O)O[C@]1(C(=O)CO)CC[C@H]2[C@@H]3CCC4=CC(=O)CC[C@]4(C)[C@H]3[C@@H](O)C[C@@]21C. The summed E-state index contributed by atoms with van der Waals surface area (Å²) in [5.41, 5.74) is -1.37. The summed E-state index contributed by atoms with van der Waals surface area (Å²) in [6, 6.07) is 0. The molecule has 4 aliphatic carbocycles. The molecule has 0 spiro atoms. The monoisotopic (exact) mass is 448 g/mol. The van der Waals surface area contributed by atoms with Crippen LogP contribution in [0, 0.1) is 28.6 Å². The highest BCUT2D eigenvalue weighted by Gasteiger charge is 2.70. The Morgan fingerprint density at radius 2 is 1.94 bits per heavy atom. The fourth-order valence-corrected chi connectivity index (χ4v) is 7.84. The van der Waals surface area contributed by atoms with Gasteiger partial charge in [0.15, 0.2) is 11.4 Å². The normalized spacial score (nSPS) is 42.9. The maximum absolute atomic E-state index is 13.1. The summed E-state index contributed by atoms with van der Waals surface area (Å²) >= 11 is 0. The lowest BCUT2D eigenvalue weighted by atomic mass is 9.45. The Morgan fingerprint density at radius 3 is 2.62 bits per heavy atom. The molecule has 4 aliphatic rings. The van der Waals surface area contributed by atoms with E-state index in [1.54, 1.807) is 6.08 Å². The summed E-state index contributed by atoms with van der Waals surface area (Å²) in [6.07, 6.45) is 5.04. The van der Waals surface area contributed by atoms with E-state index in [0.717, 1.165) is 24.8 Å². The fraction of sp³-hybridized carbons (Fsp3) is 0.800. The molecule has 0 aromatic carbocycles. The highest BCUT2D eigenvalue weighted by atomic mass is 16.7. The van der Waals surface area contributed by atoms with Gasteiger partial charge in [0.05, 0.1) is 12.7 Å². The van der Waals surface area contributed by atoms with Crippen LogP contribution in [-0.2, 0) is 19.1 Å². The van der Waals surface area contributed by atoms with Crippen LogP contribution in [0.4, 0.5) is 4.79 Å². The lowest BCUT2D eigenvalue weighted by molar-refractivity contribution is -0.187. The number of ether oxygens (including phenoxy) is 2. The molecule has 2 N–H and O–H groups in total. The third-order valence-electron chi connectivity index (χ3n) is 9.29. The standard InChI is InChI=1S/C25H36O7/c1-4-11-31-22(30)32-25(20(29)14-26)10-8-18-17-6-5-15-12-16(27)7-9-23(15,2)21(17)19(28)13-24(18,25)3/h12,17-19,21,26,28H,4-11,13-14H2,1-3H3/t17-,18-,19-,21+,23-,24-,25-/m0/s1. The van der Waals surface area contributed by atoms with Crippen LogP contribution in [0.1, 0.15) is 72.1 Å². The van der Waals surface area contributed by atoms with Gasteiger partial charge in [0.1, 0.15) is 6.61 Å². The molecule has 0 heterocycles. The van der Waals surface area contributed by atoms with Gasteiger partial charge >= 0.3 is 6.16 Å². The van der Waals surface area contributed by atoms with Gasteiger partial charge in [-0.2, -0.15) is 0 Å². The molecule has 32 heavy (non-hydrogen) atoms. The van der Waals surface area contributed by atoms with E-state index in [1.807, 2.05) is 13.8 Å². The van der Waals surface area contributed by atoms with E-state index in [9.17, 15) is 24.6 Å². The average Bonchev–Trinajstić information content (AvgIpc) is 3.04. The number of ketones is 2. The van der Waals surface area contributed by atoms with Crippen molar-refractivity contribution in [1.29, 1.82) is 0 Å². The molecule has 0 aromatic rings. The molecule has 178 valence electrons. The van der Waals surface area contributed by atoms with Gasteiger partial charge in [0.2, 0.25) is 5.78 Å². The molecule has 0 radical (unpaired) electrons. The van der Waals surface area contributed by atoms with Crippen LogP contribution in [0.2, 0.25) is 0 Å². The number of hydrogen-bond donors (Lipinski definition) is 2. The van der Waals surface area contributed by atoms with Crippen LogP contribution in [0.25, 0.3) is 0 Å². The Kier molecular flexibility index (Phi) is 6.04. The van der Waals surface area contributed by atoms with Crippen molar-refractivity contribution in [2.24, 2.45) is 28.6 Å². The first-order chi connectivity index (χ1) is 15.1. The minimum absolute atomic E-state index is 0.000691. The number of aliphatic hydroxyl groups excluding tert-OH is 2. The molecule has 0 amide bonds. The average molecular weight is 449 g/mol. The summed E-state index contributed by atoms with van der Waals surface area (Å²) in [6.45, 7) is 5.45. The number of rotatable bonds is 5. The first kappa shape index (κ1) is 23.4. The number of Topliss-reactive ketones (excluding diaryl/α,β-unsaturated/α-hetero) is 1. The third kappa shape index (κ3) is 3.26. The molecular weight excluding hydrogens is 412 g/mol. The smallest absolute Gasteiger partial charge is 0.434 e. The molecule has 3 saturated carbocycles. The third-order valence-corrected chi connectivity index (χ3v) is 9.29. The van der Waals surface area contributed by atoms with Gasteiger partial charge in [-0.05, 0) is 74.2 Å². The molecule has 7 atom stereocenters. The van der Waals surface area contributed by atoms with E-state index < -0.39 is 35.7 Å². The van der Waals surface area contributed by atoms with E-state index in [2.05, 4.69) is 6.92 Å². The van der Waals surface area contributed by atoms with E-state index in [1.165, 1.54) is 0 Å². The van der Waals surface area contributed by atoms with Crippen molar-refractivity contribution >= 4 is 17.7 Å². The van der Waals surface area contributed by atoms with Crippen molar-refractivity contribution < 1.29 is 34.1 Å². The largest absolute Gasteiger partial charge is 0.509 e. The van der Waals surface area contributed by atoms with Crippen LogP contribution in [0.5, 0.6) is 0 Å². The molecule has 0 unspecified atom stereocenters. The van der Waals surface area contributed by atoms with Crippen molar-refractivity contribution in [2.45, 2.75) is 83.8 Å². The van der Waals surface area contributed by atoms with E-state index >= 15 is 0 Å². The van der Waals surface area contributed by atoms with Crippen LogP contribution >= 0.6 is 0 Å². The number of hydrogen-bond acceptors (Lipinski definition) is 7. The second-order valence-corrected chi connectivity index (χ2v) is 10.7. The molecule has 0 aromatic heterocycles. The zero-order chi connectivity index (χ0) is 23.3. The van der Waals surface area contributed by atoms with Crippen LogP contribution in [0.3, 0.4) is 0 Å². The van der Waals surface area contributed by atoms with Crippen molar-refractivity contribution in [3.05, 3.63) is 11.6 Å². The lowest BCUT2D eigenvalue weighted by Crippen LogP contribution is -2.63. The van der Waals surface area contributed by atoms with Gasteiger partial charge in [-0.15, -0.1) is 0 Å². The van der Waals surface area contributed by atoms with Crippen molar-refractivity contribution in [1.82, 2.24) is 0 Å². The quantitative estimate of drug-likeness (QED) is 0.621. The Bertz CT molecular complexity index is 834. The number of allylic oxidation sites excluding steroid dienone is 1. The van der Waals surface area contributed by atoms with E-state index in [-0.39, 0.29) is 35.6 Å². The minimum Gasteiger partial charge on any atom is -0.434 e. The maximum Gasteiger partial charge on any atom is 0.509 e. The molecule has 4 rings (SSSR count). The first-order valence-corrected chi connectivity index (χ1v) is 12.0. The van der Waals surface area contributed by atoms with Crippen LogP contribution in [0.15, 0.2) is 11.6 Å². The fourth-order valence-electron chi connectivity index (χ4n) is 7.84. The summed E-state index contributed by atoms with van der Waals surface area (Å²) < 4.78 is 10.9. The topological polar surface area (TPSA) is 110 Å². The second-order valence-electron chi connectivity index (χ2n) is 10.7. The maximum atomic E-state index is 13.1. The summed E-state index contributed by atoms with van der Waals surface area (Å²) in [5.74, 6) is -0.129. The summed E-state index contributed by atoms with van der Waals surface area (Å²) in [7, 11) is 0. The zero-order valence-corrected chi connectivity index (χ0v) is 19.4. The van der Waals surface area contributed by atoms with E-state index in [4.69, 9.17) is 9.47 Å². The molecule has 0 saturated heterocycles. The van der Waals surface area contributed by atoms with Gasteiger partial charge < -0.3 is 19.7 Å². The number of fused-ring (bicyclic) bond motifs is 5. The Labute approximate surface area is 189 Å². The Hall–Kier alpha value is -1.73. The predicted molar refractivity (Wildman–Crippen MR) is 116 cm³/mol. The van der Waals surface area contributed by atoms with Crippen LogP contribution < -0.4 is 0 Å². The van der Waals surface area contributed by atoms with Gasteiger partial charge in [0.25, 0.3) is 0 Å². The van der Waals surface area contributed by atoms with Crippen molar-refractivity contribution in [2.75, 3.05) is 13.2 Å². The molecule has 0 bridgehead atoms. The van der Waals surface area contributed by atoms with E-state index in [0.29, 0.717) is 32.1 Å². The van der Waals surface area contributed by atoms with Gasteiger partial charge in [-0.1, -0.05) is 26.3 Å². The van der Waals surface area contributed by atoms with Crippen molar-refractivity contribution in [3.63, 3.8) is 0 Å². The minimum atomic E-state index is -1.50. The molecule has 7 heteroatoms. The zero-order valence-electron chi connectivity index (χ0n) is 19.4. The summed E-state index contributed by atoms with van der Waals surface area (Å²) in [4.78, 5) is 37.6. The Morgan fingerprint density at radius 1 is 1.19 bits per heavy atom. The Balaban J connectivity index is 1.70. The summed E-state index contributed by atoms with van der Waals surface area (Å²) in [5, 5.41) is 21.3. The number of aliphatic hydroxyl groups is 2. The van der Waals surface area contributed by atoms with Gasteiger partial charge in [-0.25, -0.2) is 4.79 Å². The molecule has 3 fully saturated rings. The van der Waals surface area contributed by atoms with Gasteiger partial charge in [0, 0.05) is 11.8 Å². The first-order valence-electron chi connectivity index (χ1n) is 12.0.